The minimum Gasteiger partial charge on any atom is -0.465 e. The van der Waals surface area contributed by atoms with E-state index < -0.39 is 6.09 Å². The quantitative estimate of drug-likeness (QED) is 0.827. The lowest BCUT2D eigenvalue weighted by molar-refractivity contribution is 0.0685. The van der Waals surface area contributed by atoms with E-state index in [9.17, 15) is 9.90 Å². The van der Waals surface area contributed by atoms with Crippen LogP contribution < -0.4 is 0 Å². The first-order valence-electron chi connectivity index (χ1n) is 7.40. The summed E-state index contributed by atoms with van der Waals surface area (Å²) in [6, 6.07) is 8.38. The highest BCUT2D eigenvalue weighted by atomic mass is 16.4. The molecule has 0 saturated carbocycles. The van der Waals surface area contributed by atoms with E-state index in [1.54, 1.807) is 0 Å². The average Bonchev–Trinajstić information content (AvgIpc) is 2.47. The van der Waals surface area contributed by atoms with Crippen LogP contribution in [0.5, 0.6) is 0 Å². The fraction of sp³-hybridized carbons (Fsp3) is 0.562. The average molecular weight is 275 g/mol. The highest BCUT2D eigenvalue weighted by molar-refractivity contribution is 5.65. The van der Waals surface area contributed by atoms with Crippen LogP contribution in [-0.4, -0.2) is 40.4 Å². The number of fused-ring (bicyclic) bond motifs is 1. The molecule has 3 rings (SSSR count). The fourth-order valence-electron chi connectivity index (χ4n) is 3.80. The van der Waals surface area contributed by atoms with E-state index in [-0.39, 0.29) is 12.0 Å². The molecule has 0 bridgehead atoms. The molecule has 2 N–H and O–H groups in total. The number of aliphatic hydroxyl groups excluding tert-OH is 1. The van der Waals surface area contributed by atoms with Gasteiger partial charge in [-0.05, 0) is 42.7 Å². The molecular weight excluding hydrogens is 254 g/mol. The Hall–Kier alpha value is -1.55. The zero-order chi connectivity index (χ0) is 14.1. The molecule has 1 aliphatic heterocycles. The monoisotopic (exact) mass is 275 g/mol. The Bertz CT molecular complexity index is 494. The number of piperidine rings is 1. The highest BCUT2D eigenvalue weighted by Gasteiger charge is 2.36. The SMILES string of the molecule is O=C(O)N1CCC(C2c3ccccc3CCC2O)CC1. The third-order valence-corrected chi connectivity index (χ3v) is 4.86. The van der Waals surface area contributed by atoms with Gasteiger partial charge in [0, 0.05) is 19.0 Å². The van der Waals surface area contributed by atoms with Crippen LogP contribution in [0.25, 0.3) is 0 Å². The molecule has 1 amide bonds. The van der Waals surface area contributed by atoms with Gasteiger partial charge in [-0.1, -0.05) is 24.3 Å². The van der Waals surface area contributed by atoms with Crippen molar-refractivity contribution in [2.45, 2.75) is 37.7 Å². The van der Waals surface area contributed by atoms with Crippen LogP contribution in [0.15, 0.2) is 24.3 Å². The number of carboxylic acid groups (broad SMARTS) is 1. The molecule has 0 radical (unpaired) electrons. The minimum atomic E-state index is -0.826. The molecule has 1 fully saturated rings. The van der Waals surface area contributed by atoms with Crippen LogP contribution in [0.3, 0.4) is 0 Å². The van der Waals surface area contributed by atoms with Gasteiger partial charge in [0.2, 0.25) is 0 Å². The Morgan fingerprint density at radius 1 is 1.15 bits per heavy atom. The molecule has 1 aromatic carbocycles. The lowest BCUT2D eigenvalue weighted by Crippen LogP contribution is -2.41. The number of nitrogens with zero attached hydrogens (tertiary/aromatic N) is 1. The predicted molar refractivity (Wildman–Crippen MR) is 75.8 cm³/mol. The van der Waals surface area contributed by atoms with Gasteiger partial charge in [-0.3, -0.25) is 0 Å². The third-order valence-electron chi connectivity index (χ3n) is 4.86. The fourth-order valence-corrected chi connectivity index (χ4v) is 3.80. The maximum absolute atomic E-state index is 11.0. The van der Waals surface area contributed by atoms with E-state index in [0.717, 1.165) is 25.7 Å². The summed E-state index contributed by atoms with van der Waals surface area (Å²) >= 11 is 0. The van der Waals surface area contributed by atoms with Gasteiger partial charge in [0.25, 0.3) is 0 Å². The predicted octanol–water partition coefficient (Wildman–Crippen LogP) is 2.47. The molecule has 108 valence electrons. The Balaban J connectivity index is 1.79. The number of benzene rings is 1. The maximum atomic E-state index is 11.0. The van der Waals surface area contributed by atoms with Gasteiger partial charge < -0.3 is 15.1 Å². The summed E-state index contributed by atoms with van der Waals surface area (Å²) in [5.74, 6) is 0.568. The molecule has 4 nitrogen and oxygen atoms in total. The zero-order valence-electron chi connectivity index (χ0n) is 11.5. The summed E-state index contributed by atoms with van der Waals surface area (Å²) in [6.45, 7) is 1.18. The van der Waals surface area contributed by atoms with Crippen molar-refractivity contribution >= 4 is 6.09 Å². The van der Waals surface area contributed by atoms with E-state index in [1.807, 2.05) is 6.07 Å². The lowest BCUT2D eigenvalue weighted by Gasteiger charge is -2.40. The second kappa shape index (κ2) is 5.44. The first-order chi connectivity index (χ1) is 9.66. The molecule has 1 heterocycles. The van der Waals surface area contributed by atoms with Crippen molar-refractivity contribution in [1.29, 1.82) is 0 Å². The van der Waals surface area contributed by atoms with Gasteiger partial charge >= 0.3 is 6.09 Å². The lowest BCUT2D eigenvalue weighted by atomic mass is 9.71. The minimum absolute atomic E-state index is 0.177. The van der Waals surface area contributed by atoms with E-state index in [0.29, 0.717) is 19.0 Å². The van der Waals surface area contributed by atoms with Gasteiger partial charge in [-0.2, -0.15) is 0 Å². The molecule has 0 spiro atoms. The molecule has 2 unspecified atom stereocenters. The van der Waals surface area contributed by atoms with Crippen molar-refractivity contribution < 1.29 is 15.0 Å². The summed E-state index contributed by atoms with van der Waals surface area (Å²) in [7, 11) is 0. The summed E-state index contributed by atoms with van der Waals surface area (Å²) in [5, 5.41) is 19.4. The molecule has 1 aliphatic carbocycles. The smallest absolute Gasteiger partial charge is 0.407 e. The van der Waals surface area contributed by atoms with Gasteiger partial charge in [0.15, 0.2) is 0 Å². The zero-order valence-corrected chi connectivity index (χ0v) is 11.5. The van der Waals surface area contributed by atoms with Crippen LogP contribution in [0, 0.1) is 5.92 Å². The van der Waals surface area contributed by atoms with Crippen LogP contribution in [0.2, 0.25) is 0 Å². The van der Waals surface area contributed by atoms with E-state index in [4.69, 9.17) is 5.11 Å². The van der Waals surface area contributed by atoms with Crippen molar-refractivity contribution in [3.63, 3.8) is 0 Å². The summed E-state index contributed by atoms with van der Waals surface area (Å²) < 4.78 is 0. The molecule has 4 heteroatoms. The van der Waals surface area contributed by atoms with Crippen molar-refractivity contribution in [1.82, 2.24) is 4.90 Å². The number of aliphatic hydroxyl groups is 1. The maximum Gasteiger partial charge on any atom is 0.407 e. The number of rotatable bonds is 1. The van der Waals surface area contributed by atoms with Crippen molar-refractivity contribution in [3.05, 3.63) is 35.4 Å². The Labute approximate surface area is 119 Å². The summed E-state index contributed by atoms with van der Waals surface area (Å²) in [6.07, 6.45) is 2.35. The number of amides is 1. The van der Waals surface area contributed by atoms with Crippen molar-refractivity contribution in [2.75, 3.05) is 13.1 Å². The standard InChI is InChI=1S/C16H21NO3/c18-14-6-5-11-3-1-2-4-13(11)15(14)12-7-9-17(10-8-12)16(19)20/h1-4,12,14-15,18H,5-10H2,(H,19,20). The Morgan fingerprint density at radius 3 is 2.55 bits per heavy atom. The molecule has 2 atom stereocenters. The van der Waals surface area contributed by atoms with Gasteiger partial charge in [0.05, 0.1) is 6.10 Å². The number of hydrogen-bond donors (Lipinski definition) is 2. The summed E-state index contributed by atoms with van der Waals surface area (Å²) in [4.78, 5) is 12.5. The van der Waals surface area contributed by atoms with Gasteiger partial charge in [-0.15, -0.1) is 0 Å². The normalized spacial score (nSPS) is 27.1. The molecule has 20 heavy (non-hydrogen) atoms. The number of carbonyl (C=O) groups is 1. The van der Waals surface area contributed by atoms with Crippen LogP contribution >= 0.6 is 0 Å². The Morgan fingerprint density at radius 2 is 1.85 bits per heavy atom. The Kier molecular flexibility index (Phi) is 3.66. The van der Waals surface area contributed by atoms with Crippen molar-refractivity contribution in [2.24, 2.45) is 5.92 Å². The topological polar surface area (TPSA) is 60.8 Å². The molecular formula is C16H21NO3. The first-order valence-corrected chi connectivity index (χ1v) is 7.40. The molecule has 2 aliphatic rings. The van der Waals surface area contributed by atoms with E-state index in [2.05, 4.69) is 18.2 Å². The first kappa shape index (κ1) is 13.4. The van der Waals surface area contributed by atoms with Gasteiger partial charge in [0.1, 0.15) is 0 Å². The van der Waals surface area contributed by atoms with E-state index >= 15 is 0 Å². The van der Waals surface area contributed by atoms with Crippen LogP contribution in [-0.2, 0) is 6.42 Å². The molecule has 0 aromatic heterocycles. The largest absolute Gasteiger partial charge is 0.465 e. The van der Waals surface area contributed by atoms with Crippen LogP contribution in [0.4, 0.5) is 4.79 Å². The second-order valence-corrected chi connectivity index (χ2v) is 5.94. The number of aryl methyl sites for hydroxylation is 1. The highest BCUT2D eigenvalue weighted by Crippen LogP contribution is 2.41. The number of hydrogen-bond acceptors (Lipinski definition) is 2. The molecule has 1 saturated heterocycles. The van der Waals surface area contributed by atoms with Gasteiger partial charge in [-0.25, -0.2) is 4.79 Å². The van der Waals surface area contributed by atoms with E-state index in [1.165, 1.54) is 16.0 Å². The van der Waals surface area contributed by atoms with Crippen molar-refractivity contribution in [3.8, 4) is 0 Å². The van der Waals surface area contributed by atoms with Crippen LogP contribution in [0.1, 0.15) is 36.3 Å². The second-order valence-electron chi connectivity index (χ2n) is 5.94. The number of likely N-dealkylation sites (tertiary alicyclic amines) is 1. The third kappa shape index (κ3) is 2.40. The summed E-state index contributed by atoms with van der Waals surface area (Å²) in [5.41, 5.74) is 2.63. The molecule has 1 aromatic rings.